The molecule has 1 heterocycles. The summed E-state index contributed by atoms with van der Waals surface area (Å²) in [6, 6.07) is 8.62. The standard InChI is InChI=1S/C16H21N7O3.ClH/c17-16(18)19-8-4-5-12-9-22(21-20-12)10-14(24)23(11-15(25)26)13-6-2-1-3-7-13;/h1-3,6-7,9H,4-5,8,10-11H2,(H,25,26)(H4,17,18,19);1H. The maximum Gasteiger partial charge on any atom is 0.323 e. The Morgan fingerprint density at radius 2 is 1.93 bits per heavy atom. The topological polar surface area (TPSA) is 153 Å². The molecule has 0 fully saturated rings. The summed E-state index contributed by atoms with van der Waals surface area (Å²) < 4.78 is 1.38. The fourth-order valence-corrected chi connectivity index (χ4v) is 2.29. The lowest BCUT2D eigenvalue weighted by atomic mass is 10.2. The van der Waals surface area contributed by atoms with Crippen LogP contribution < -0.4 is 16.4 Å². The van der Waals surface area contributed by atoms with E-state index in [4.69, 9.17) is 16.6 Å². The smallest absolute Gasteiger partial charge is 0.323 e. The van der Waals surface area contributed by atoms with Gasteiger partial charge in [-0.2, -0.15) is 0 Å². The van der Waals surface area contributed by atoms with Crippen molar-refractivity contribution in [2.24, 2.45) is 16.5 Å². The number of hydrogen-bond donors (Lipinski definition) is 3. The van der Waals surface area contributed by atoms with Gasteiger partial charge >= 0.3 is 5.97 Å². The second-order valence-corrected chi connectivity index (χ2v) is 5.53. The van der Waals surface area contributed by atoms with E-state index in [9.17, 15) is 9.59 Å². The van der Waals surface area contributed by atoms with Crippen molar-refractivity contribution >= 4 is 35.9 Å². The van der Waals surface area contributed by atoms with Gasteiger partial charge in [0.25, 0.3) is 0 Å². The molecule has 2 aromatic rings. The Morgan fingerprint density at radius 3 is 2.56 bits per heavy atom. The molecule has 0 radical (unpaired) electrons. The van der Waals surface area contributed by atoms with E-state index in [-0.39, 0.29) is 24.9 Å². The molecule has 0 bridgehead atoms. The average molecular weight is 396 g/mol. The summed E-state index contributed by atoms with van der Waals surface area (Å²) in [5.74, 6) is -1.45. The zero-order chi connectivity index (χ0) is 18.9. The number of halogens is 1. The average Bonchev–Trinajstić information content (AvgIpc) is 3.04. The molecule has 1 aromatic heterocycles. The number of aromatic nitrogens is 3. The molecule has 5 N–H and O–H groups in total. The number of rotatable bonds is 9. The summed E-state index contributed by atoms with van der Waals surface area (Å²) in [7, 11) is 0. The fraction of sp³-hybridized carbons (Fsp3) is 0.312. The lowest BCUT2D eigenvalue weighted by Crippen LogP contribution is -2.38. The van der Waals surface area contributed by atoms with E-state index >= 15 is 0 Å². The summed E-state index contributed by atoms with van der Waals surface area (Å²) in [5.41, 5.74) is 11.7. The second-order valence-electron chi connectivity index (χ2n) is 5.53. The van der Waals surface area contributed by atoms with Crippen molar-refractivity contribution in [3.8, 4) is 0 Å². The zero-order valence-corrected chi connectivity index (χ0v) is 15.4. The van der Waals surface area contributed by atoms with E-state index in [1.807, 2.05) is 0 Å². The Labute approximate surface area is 162 Å². The number of aliphatic imine (C=N–C) groups is 1. The number of carbonyl (C=O) groups excluding carboxylic acids is 1. The Kier molecular flexibility index (Phi) is 8.73. The number of carboxylic acids is 1. The number of nitrogens with zero attached hydrogens (tertiary/aromatic N) is 5. The molecular formula is C16H22ClN7O3. The molecule has 1 aromatic carbocycles. The first-order valence-corrected chi connectivity index (χ1v) is 7.97. The maximum atomic E-state index is 12.5. The van der Waals surface area contributed by atoms with Crippen LogP contribution >= 0.6 is 12.4 Å². The Balaban J connectivity index is 0.00000364. The van der Waals surface area contributed by atoms with Gasteiger partial charge in [0.1, 0.15) is 13.1 Å². The van der Waals surface area contributed by atoms with Crippen LogP contribution in [-0.2, 0) is 22.6 Å². The summed E-state index contributed by atoms with van der Waals surface area (Å²) in [4.78, 5) is 28.7. The SMILES string of the molecule is Cl.NC(N)=NCCCc1cn(CC(=O)N(CC(=O)O)c2ccccc2)nn1. The molecule has 0 spiro atoms. The number of carbonyl (C=O) groups is 2. The van der Waals surface area contributed by atoms with Crippen molar-refractivity contribution in [1.29, 1.82) is 0 Å². The highest BCUT2D eigenvalue weighted by molar-refractivity contribution is 5.97. The number of aryl methyl sites for hydroxylation is 1. The monoisotopic (exact) mass is 395 g/mol. The van der Waals surface area contributed by atoms with Gasteiger partial charge in [-0.15, -0.1) is 17.5 Å². The molecular weight excluding hydrogens is 374 g/mol. The molecule has 11 heteroatoms. The minimum Gasteiger partial charge on any atom is -0.480 e. The molecule has 0 aliphatic rings. The minimum absolute atomic E-state index is 0. The third kappa shape index (κ3) is 7.32. The highest BCUT2D eigenvalue weighted by Gasteiger charge is 2.19. The number of aliphatic carboxylic acids is 1. The summed E-state index contributed by atoms with van der Waals surface area (Å²) in [6.45, 7) is -0.0550. The van der Waals surface area contributed by atoms with E-state index in [2.05, 4.69) is 15.3 Å². The molecule has 0 unspecified atom stereocenters. The van der Waals surface area contributed by atoms with Gasteiger partial charge in [-0.05, 0) is 25.0 Å². The van der Waals surface area contributed by atoms with Gasteiger partial charge in [0.05, 0.1) is 5.69 Å². The third-order valence-corrected chi connectivity index (χ3v) is 3.43. The number of carboxylic acid groups (broad SMARTS) is 1. The van der Waals surface area contributed by atoms with Gasteiger partial charge in [-0.1, -0.05) is 23.4 Å². The van der Waals surface area contributed by atoms with Crippen LogP contribution in [0.2, 0.25) is 0 Å². The summed E-state index contributed by atoms with van der Waals surface area (Å²) in [6.07, 6.45) is 2.96. The highest BCUT2D eigenvalue weighted by Crippen LogP contribution is 2.14. The van der Waals surface area contributed by atoms with Crippen LogP contribution in [0, 0.1) is 0 Å². The lowest BCUT2D eigenvalue weighted by molar-refractivity contribution is -0.136. The lowest BCUT2D eigenvalue weighted by Gasteiger charge is -2.20. The normalized spacial score (nSPS) is 9.93. The molecule has 0 saturated carbocycles. The largest absolute Gasteiger partial charge is 0.480 e. The molecule has 2 rings (SSSR count). The van der Waals surface area contributed by atoms with Gasteiger partial charge < -0.3 is 16.6 Å². The fourth-order valence-electron chi connectivity index (χ4n) is 2.29. The van der Waals surface area contributed by atoms with E-state index in [1.165, 1.54) is 9.58 Å². The second kappa shape index (κ2) is 10.8. The van der Waals surface area contributed by atoms with Gasteiger partial charge in [0, 0.05) is 18.4 Å². The Hall–Kier alpha value is -3.14. The molecule has 146 valence electrons. The number of para-hydroxylation sites is 1. The van der Waals surface area contributed by atoms with Crippen LogP contribution in [0.15, 0.2) is 41.5 Å². The number of nitrogens with two attached hydrogens (primary N) is 2. The molecule has 0 aliphatic carbocycles. The van der Waals surface area contributed by atoms with E-state index in [0.29, 0.717) is 30.8 Å². The highest BCUT2D eigenvalue weighted by atomic mass is 35.5. The number of hydrogen-bond acceptors (Lipinski definition) is 5. The molecule has 0 aliphatic heterocycles. The molecule has 0 saturated heterocycles. The predicted molar refractivity (Wildman–Crippen MR) is 103 cm³/mol. The minimum atomic E-state index is -1.10. The zero-order valence-electron chi connectivity index (χ0n) is 14.6. The summed E-state index contributed by atoms with van der Waals surface area (Å²) >= 11 is 0. The van der Waals surface area contributed by atoms with E-state index in [0.717, 1.165) is 0 Å². The van der Waals surface area contributed by atoms with Gasteiger partial charge in [-0.3, -0.25) is 19.5 Å². The Bertz CT molecular complexity index is 775. The van der Waals surface area contributed by atoms with Gasteiger partial charge in [-0.25, -0.2) is 4.68 Å². The molecule has 10 nitrogen and oxygen atoms in total. The van der Waals surface area contributed by atoms with Crippen molar-refractivity contribution in [3.05, 3.63) is 42.2 Å². The van der Waals surface area contributed by atoms with Crippen LogP contribution in [0.25, 0.3) is 0 Å². The van der Waals surface area contributed by atoms with Crippen LogP contribution in [0.4, 0.5) is 5.69 Å². The number of anilines is 1. The van der Waals surface area contributed by atoms with Crippen LogP contribution in [0.5, 0.6) is 0 Å². The molecule has 27 heavy (non-hydrogen) atoms. The molecule has 1 amide bonds. The van der Waals surface area contributed by atoms with Crippen molar-refractivity contribution in [3.63, 3.8) is 0 Å². The third-order valence-electron chi connectivity index (χ3n) is 3.43. The van der Waals surface area contributed by atoms with Gasteiger partial charge in [0.15, 0.2) is 5.96 Å². The van der Waals surface area contributed by atoms with E-state index in [1.54, 1.807) is 36.5 Å². The van der Waals surface area contributed by atoms with Crippen molar-refractivity contribution in [1.82, 2.24) is 15.0 Å². The van der Waals surface area contributed by atoms with Crippen LogP contribution in [-0.4, -0.2) is 51.0 Å². The van der Waals surface area contributed by atoms with Crippen molar-refractivity contribution in [2.75, 3.05) is 18.0 Å². The molecule has 0 atom stereocenters. The maximum absolute atomic E-state index is 12.5. The number of benzene rings is 1. The van der Waals surface area contributed by atoms with Gasteiger partial charge in [0.2, 0.25) is 5.91 Å². The first-order valence-electron chi connectivity index (χ1n) is 7.97. The quantitative estimate of drug-likeness (QED) is 0.307. The first kappa shape index (κ1) is 21.9. The Morgan fingerprint density at radius 1 is 1.22 bits per heavy atom. The summed E-state index contributed by atoms with van der Waals surface area (Å²) in [5, 5.41) is 17.0. The van der Waals surface area contributed by atoms with Crippen LogP contribution in [0.3, 0.4) is 0 Å². The van der Waals surface area contributed by atoms with Crippen LogP contribution in [0.1, 0.15) is 12.1 Å². The predicted octanol–water partition coefficient (Wildman–Crippen LogP) is 0.0237. The van der Waals surface area contributed by atoms with Crippen molar-refractivity contribution < 1.29 is 14.7 Å². The van der Waals surface area contributed by atoms with E-state index < -0.39 is 18.4 Å². The first-order chi connectivity index (χ1) is 12.5. The number of amides is 1. The van der Waals surface area contributed by atoms with Crippen molar-refractivity contribution in [2.45, 2.75) is 19.4 Å². The number of guanidine groups is 1.